The predicted molar refractivity (Wildman–Crippen MR) is 133 cm³/mol. The third kappa shape index (κ3) is 4.20. The second-order valence-corrected chi connectivity index (χ2v) is 8.16. The molecule has 0 radical (unpaired) electrons. The van der Waals surface area contributed by atoms with Gasteiger partial charge in [0.15, 0.2) is 0 Å². The van der Waals surface area contributed by atoms with Crippen molar-refractivity contribution in [2.24, 2.45) is 4.99 Å². The molecule has 0 amide bonds. The van der Waals surface area contributed by atoms with Crippen molar-refractivity contribution >= 4 is 17.2 Å². The van der Waals surface area contributed by atoms with Crippen LogP contribution in [-0.4, -0.2) is 31.4 Å². The van der Waals surface area contributed by atoms with E-state index >= 15 is 0 Å². The quantitative estimate of drug-likeness (QED) is 0.374. The second-order valence-electron chi connectivity index (χ2n) is 8.16. The van der Waals surface area contributed by atoms with Gasteiger partial charge in [0.1, 0.15) is 5.84 Å². The molecule has 5 rings (SSSR count). The average Bonchev–Trinajstić information content (AvgIpc) is 3.40. The highest BCUT2D eigenvalue weighted by molar-refractivity contribution is 5.97. The van der Waals surface area contributed by atoms with Crippen molar-refractivity contribution in [1.82, 2.24) is 25.5 Å². The number of benzene rings is 3. The summed E-state index contributed by atoms with van der Waals surface area (Å²) < 4.78 is 0. The van der Waals surface area contributed by atoms with Gasteiger partial charge in [0.2, 0.25) is 5.82 Å². The summed E-state index contributed by atoms with van der Waals surface area (Å²) >= 11 is 0. The summed E-state index contributed by atoms with van der Waals surface area (Å²) in [6.07, 6.45) is 3.19. The minimum atomic E-state index is 0.592. The van der Waals surface area contributed by atoms with Gasteiger partial charge in [-0.05, 0) is 34.4 Å². The summed E-state index contributed by atoms with van der Waals surface area (Å²) in [7, 11) is 0. The van der Waals surface area contributed by atoms with Crippen LogP contribution in [0.2, 0.25) is 0 Å². The van der Waals surface area contributed by atoms with Crippen LogP contribution in [0.4, 0.5) is 5.69 Å². The fourth-order valence-corrected chi connectivity index (χ4v) is 4.21. The largest absolute Gasteiger partial charge is 0.325 e. The van der Waals surface area contributed by atoms with E-state index in [2.05, 4.69) is 81.5 Å². The lowest BCUT2D eigenvalue weighted by Gasteiger charge is -2.32. The lowest BCUT2D eigenvalue weighted by molar-refractivity contribution is 0.553. The summed E-state index contributed by atoms with van der Waals surface area (Å²) in [5.74, 6) is 1.68. The van der Waals surface area contributed by atoms with Gasteiger partial charge >= 0.3 is 0 Å². The van der Waals surface area contributed by atoms with Crippen molar-refractivity contribution in [2.45, 2.75) is 32.7 Å². The highest BCUT2D eigenvalue weighted by atomic mass is 15.5. The fraction of sp³-hybridized carbons (Fsp3) is 0.185. The normalized spacial score (nSPS) is 13.1. The van der Waals surface area contributed by atoms with Crippen molar-refractivity contribution in [2.75, 3.05) is 0 Å². The first-order chi connectivity index (χ1) is 16.2. The molecule has 2 heterocycles. The van der Waals surface area contributed by atoms with Crippen molar-refractivity contribution < 1.29 is 0 Å². The maximum atomic E-state index is 4.98. The third-order valence-corrected chi connectivity index (χ3v) is 5.97. The maximum absolute atomic E-state index is 4.98. The molecule has 33 heavy (non-hydrogen) atoms. The monoisotopic (exact) mass is 434 g/mol. The molecule has 1 aliphatic heterocycles. The molecule has 1 aliphatic rings. The third-order valence-electron chi connectivity index (χ3n) is 5.97. The van der Waals surface area contributed by atoms with Gasteiger partial charge in [-0.2, -0.15) is 5.21 Å². The van der Waals surface area contributed by atoms with E-state index in [1.807, 2.05) is 30.3 Å². The van der Waals surface area contributed by atoms with Gasteiger partial charge in [-0.3, -0.25) is 0 Å². The first kappa shape index (κ1) is 20.8. The first-order valence-corrected chi connectivity index (χ1v) is 11.3. The van der Waals surface area contributed by atoms with Crippen molar-refractivity contribution in [3.63, 3.8) is 0 Å². The smallest absolute Gasteiger partial charge is 0.205 e. The van der Waals surface area contributed by atoms with Gasteiger partial charge in [-0.1, -0.05) is 86.7 Å². The van der Waals surface area contributed by atoms with E-state index in [1.54, 1.807) is 0 Å². The Labute approximate surface area is 193 Å². The Hall–Kier alpha value is -4.06. The van der Waals surface area contributed by atoms with E-state index in [9.17, 15) is 0 Å². The number of aliphatic imine (C=N–C) groups is 1. The molecule has 4 aromatic rings. The predicted octanol–water partition coefficient (Wildman–Crippen LogP) is 6.24. The second kappa shape index (κ2) is 9.20. The highest BCUT2D eigenvalue weighted by Gasteiger charge is 2.23. The van der Waals surface area contributed by atoms with Crippen LogP contribution in [0.3, 0.4) is 0 Å². The van der Waals surface area contributed by atoms with Crippen molar-refractivity contribution in [3.05, 3.63) is 90.5 Å². The molecule has 0 spiro atoms. The maximum Gasteiger partial charge on any atom is 0.205 e. The summed E-state index contributed by atoms with van der Waals surface area (Å²) in [6.45, 7) is 7.37. The minimum Gasteiger partial charge on any atom is -0.325 e. The first-order valence-electron chi connectivity index (χ1n) is 11.3. The van der Waals surface area contributed by atoms with E-state index in [-0.39, 0.29) is 0 Å². The van der Waals surface area contributed by atoms with Crippen LogP contribution in [0.5, 0.6) is 0 Å². The number of nitrogens with one attached hydrogen (secondary N) is 1. The van der Waals surface area contributed by atoms with Gasteiger partial charge in [0.05, 0.1) is 5.69 Å². The topological polar surface area (TPSA) is 70.1 Å². The number of rotatable bonds is 7. The van der Waals surface area contributed by atoms with E-state index in [0.29, 0.717) is 5.82 Å². The molecule has 1 aromatic heterocycles. The molecule has 6 nitrogen and oxygen atoms in total. The van der Waals surface area contributed by atoms with Crippen LogP contribution in [0.25, 0.3) is 28.2 Å². The van der Waals surface area contributed by atoms with E-state index in [1.165, 1.54) is 5.56 Å². The van der Waals surface area contributed by atoms with Gasteiger partial charge in [-0.25, -0.2) is 4.99 Å². The zero-order chi connectivity index (χ0) is 22.6. The molecule has 6 heteroatoms. The zero-order valence-electron chi connectivity index (χ0n) is 18.7. The van der Waals surface area contributed by atoms with Gasteiger partial charge < -0.3 is 4.90 Å². The summed E-state index contributed by atoms with van der Waals surface area (Å²) in [6, 6.07) is 25.0. The lowest BCUT2D eigenvalue weighted by atomic mass is 9.98. The molecule has 1 N–H and O–H groups in total. The van der Waals surface area contributed by atoms with Crippen LogP contribution >= 0.6 is 0 Å². The Morgan fingerprint density at radius 1 is 0.879 bits per heavy atom. The molecule has 0 unspecified atom stereocenters. The Bertz CT molecular complexity index is 1290. The van der Waals surface area contributed by atoms with Gasteiger partial charge in [-0.15, -0.1) is 10.2 Å². The van der Waals surface area contributed by atoms with Crippen LogP contribution in [0.1, 0.15) is 37.3 Å². The summed E-state index contributed by atoms with van der Waals surface area (Å²) in [5, 5.41) is 14.5. The SMILES string of the molecule is C=C1c2ccccc2N=C(CCCC)N1Cc1ccc(-c2ccccc2-c2nn[nH]n2)cc1. The summed E-state index contributed by atoms with van der Waals surface area (Å²) in [4.78, 5) is 7.24. The molecule has 0 saturated heterocycles. The van der Waals surface area contributed by atoms with Gasteiger partial charge in [0, 0.05) is 29.8 Å². The molecule has 0 saturated carbocycles. The van der Waals surface area contributed by atoms with Crippen LogP contribution in [0.15, 0.2) is 84.4 Å². The number of nitrogens with zero attached hydrogens (tertiary/aromatic N) is 5. The van der Waals surface area contributed by atoms with Gasteiger partial charge in [0.25, 0.3) is 0 Å². The Balaban J connectivity index is 1.42. The fourth-order valence-electron chi connectivity index (χ4n) is 4.21. The number of H-pyrrole nitrogens is 1. The molecular formula is C27H26N6. The number of hydrogen-bond acceptors (Lipinski definition) is 5. The van der Waals surface area contributed by atoms with E-state index < -0.39 is 0 Å². The Morgan fingerprint density at radius 3 is 2.33 bits per heavy atom. The number of unbranched alkanes of at least 4 members (excludes halogenated alkanes) is 1. The molecule has 0 fully saturated rings. The Morgan fingerprint density at radius 2 is 1.61 bits per heavy atom. The number of amidine groups is 1. The van der Waals surface area contributed by atoms with Crippen LogP contribution in [0, 0.1) is 0 Å². The number of aromatic nitrogens is 4. The van der Waals surface area contributed by atoms with E-state index in [0.717, 1.165) is 65.3 Å². The summed E-state index contributed by atoms with van der Waals surface area (Å²) in [5.41, 5.74) is 7.48. The zero-order valence-corrected chi connectivity index (χ0v) is 18.7. The standard InChI is InChI=1S/C27H26N6/c1-3-4-13-26-28-25-12-8-7-9-22(25)19(2)33(26)18-20-14-16-21(17-15-20)23-10-5-6-11-24(23)27-29-31-32-30-27/h5-12,14-17H,2-4,13,18H2,1H3,(H,29,30,31,32). The number of hydrogen-bond donors (Lipinski definition) is 1. The Kier molecular flexibility index (Phi) is 5.81. The molecule has 0 atom stereocenters. The van der Waals surface area contributed by atoms with Crippen LogP contribution in [-0.2, 0) is 6.54 Å². The molecule has 0 bridgehead atoms. The number of tetrazole rings is 1. The number of aromatic amines is 1. The highest BCUT2D eigenvalue weighted by Crippen LogP contribution is 2.35. The van der Waals surface area contributed by atoms with Crippen molar-refractivity contribution in [1.29, 1.82) is 0 Å². The molecule has 0 aliphatic carbocycles. The number of fused-ring (bicyclic) bond motifs is 1. The molecule has 3 aromatic carbocycles. The molecular weight excluding hydrogens is 408 g/mol. The number of para-hydroxylation sites is 1. The average molecular weight is 435 g/mol. The van der Waals surface area contributed by atoms with Crippen LogP contribution < -0.4 is 0 Å². The lowest BCUT2D eigenvalue weighted by Crippen LogP contribution is -2.31. The molecule has 164 valence electrons. The van der Waals surface area contributed by atoms with E-state index in [4.69, 9.17) is 4.99 Å². The van der Waals surface area contributed by atoms with Crippen molar-refractivity contribution in [3.8, 4) is 22.5 Å². The minimum absolute atomic E-state index is 0.592.